The maximum Gasteiger partial charge on any atom is 0.263 e. The molecule has 90 valence electrons. The minimum absolute atomic E-state index is 0.000463. The van der Waals surface area contributed by atoms with Crippen LogP contribution >= 0.6 is 23.6 Å². The minimum Gasteiger partial charge on any atom is -0.379 e. The summed E-state index contributed by atoms with van der Waals surface area (Å²) in [6.45, 7) is 1.36. The normalized spacial score (nSPS) is 20.8. The van der Waals surface area contributed by atoms with Crippen LogP contribution in [-0.4, -0.2) is 22.8 Å². The van der Waals surface area contributed by atoms with Crippen LogP contribution in [0.15, 0.2) is 16.2 Å². The van der Waals surface area contributed by atoms with Gasteiger partial charge in [0.15, 0.2) is 4.77 Å². The van der Waals surface area contributed by atoms with E-state index in [2.05, 4.69) is 4.98 Å². The third-order valence-electron chi connectivity index (χ3n) is 3.06. The summed E-state index contributed by atoms with van der Waals surface area (Å²) in [6, 6.07) is 1.91. The number of nitrogens with zero attached hydrogens (tertiary/aromatic N) is 1. The summed E-state index contributed by atoms with van der Waals surface area (Å²) in [4.78, 5) is 16.3. The summed E-state index contributed by atoms with van der Waals surface area (Å²) in [7, 11) is 0. The van der Waals surface area contributed by atoms with E-state index in [1.165, 1.54) is 11.3 Å². The lowest BCUT2D eigenvalue weighted by atomic mass is 10.1. The number of hydrogen-bond acceptors (Lipinski definition) is 4. The van der Waals surface area contributed by atoms with E-state index in [0.29, 0.717) is 16.8 Å². The molecule has 0 spiro atoms. The summed E-state index contributed by atoms with van der Waals surface area (Å²) in [6.07, 6.45) is 1.93. The Bertz CT molecular complexity index is 649. The number of hydrogen-bond donors (Lipinski definition) is 1. The second kappa shape index (κ2) is 4.36. The van der Waals surface area contributed by atoms with Crippen molar-refractivity contribution in [3.05, 3.63) is 26.6 Å². The van der Waals surface area contributed by atoms with Gasteiger partial charge < -0.3 is 9.72 Å². The molecule has 4 nitrogen and oxygen atoms in total. The molecule has 1 saturated heterocycles. The third kappa shape index (κ3) is 1.86. The Hall–Kier alpha value is -0.980. The first-order chi connectivity index (χ1) is 8.27. The number of H-pyrrole nitrogens is 1. The number of rotatable bonds is 1. The second-order valence-electron chi connectivity index (χ2n) is 4.14. The van der Waals surface area contributed by atoms with Crippen LogP contribution in [0.5, 0.6) is 0 Å². The number of fused-ring (bicyclic) bond motifs is 1. The number of ether oxygens (including phenoxy) is 1. The molecular formula is C11H12N2O2S2. The molecular weight excluding hydrogens is 256 g/mol. The molecule has 0 saturated carbocycles. The van der Waals surface area contributed by atoms with E-state index in [4.69, 9.17) is 17.0 Å². The molecule has 2 aromatic rings. The second-order valence-corrected chi connectivity index (χ2v) is 5.44. The fraction of sp³-hybridized carbons (Fsp3) is 0.455. The van der Waals surface area contributed by atoms with Gasteiger partial charge in [0, 0.05) is 6.61 Å². The first-order valence-electron chi connectivity index (χ1n) is 5.57. The fourth-order valence-corrected chi connectivity index (χ4v) is 3.39. The van der Waals surface area contributed by atoms with Crippen LogP contribution in [0, 0.1) is 4.77 Å². The van der Waals surface area contributed by atoms with Gasteiger partial charge in [-0.3, -0.25) is 9.36 Å². The predicted molar refractivity (Wildman–Crippen MR) is 70.4 cm³/mol. The van der Waals surface area contributed by atoms with E-state index < -0.39 is 0 Å². The topological polar surface area (TPSA) is 47.0 Å². The van der Waals surface area contributed by atoms with Crippen molar-refractivity contribution < 1.29 is 4.74 Å². The van der Waals surface area contributed by atoms with Gasteiger partial charge in [0.25, 0.3) is 5.56 Å². The van der Waals surface area contributed by atoms with Gasteiger partial charge in [-0.2, -0.15) is 0 Å². The van der Waals surface area contributed by atoms with Crippen LogP contribution < -0.4 is 5.56 Å². The third-order valence-corrected chi connectivity index (χ3v) is 4.18. The SMILES string of the molecule is O=c1c2ccsc2[nH]c(=S)n1C1CCCOC1. The molecule has 1 N–H and O–H groups in total. The van der Waals surface area contributed by atoms with Gasteiger partial charge in [-0.15, -0.1) is 11.3 Å². The largest absolute Gasteiger partial charge is 0.379 e. The quantitative estimate of drug-likeness (QED) is 0.808. The molecule has 0 radical (unpaired) electrons. The molecule has 3 heterocycles. The molecule has 1 aliphatic heterocycles. The molecule has 0 bridgehead atoms. The van der Waals surface area contributed by atoms with Crippen molar-refractivity contribution in [3.8, 4) is 0 Å². The Balaban J connectivity index is 2.20. The molecule has 3 rings (SSSR count). The highest BCUT2D eigenvalue weighted by atomic mass is 32.1. The van der Waals surface area contributed by atoms with Gasteiger partial charge in [-0.1, -0.05) is 0 Å². The van der Waals surface area contributed by atoms with Crippen molar-refractivity contribution in [2.24, 2.45) is 0 Å². The summed E-state index contributed by atoms with van der Waals surface area (Å²) < 4.78 is 7.59. The van der Waals surface area contributed by atoms with E-state index in [1.54, 1.807) is 4.57 Å². The maximum absolute atomic E-state index is 12.3. The van der Waals surface area contributed by atoms with Gasteiger partial charge in [0.1, 0.15) is 4.83 Å². The Morgan fingerprint density at radius 1 is 1.59 bits per heavy atom. The molecule has 2 aromatic heterocycles. The lowest BCUT2D eigenvalue weighted by Crippen LogP contribution is -2.31. The van der Waals surface area contributed by atoms with Crippen molar-refractivity contribution in [2.45, 2.75) is 18.9 Å². The van der Waals surface area contributed by atoms with Crippen molar-refractivity contribution in [1.29, 1.82) is 0 Å². The van der Waals surface area contributed by atoms with E-state index in [0.717, 1.165) is 24.3 Å². The van der Waals surface area contributed by atoms with E-state index >= 15 is 0 Å². The summed E-state index contributed by atoms with van der Waals surface area (Å²) in [5.74, 6) is 0. The van der Waals surface area contributed by atoms with Gasteiger partial charge in [0.05, 0.1) is 18.0 Å². The van der Waals surface area contributed by atoms with Crippen molar-refractivity contribution >= 4 is 33.8 Å². The molecule has 6 heteroatoms. The van der Waals surface area contributed by atoms with E-state index in [9.17, 15) is 4.79 Å². The summed E-state index contributed by atoms with van der Waals surface area (Å²) in [5, 5.41) is 2.62. The predicted octanol–water partition coefficient (Wildman–Crippen LogP) is 2.47. The van der Waals surface area contributed by atoms with Crippen molar-refractivity contribution in [2.75, 3.05) is 13.2 Å². The smallest absolute Gasteiger partial charge is 0.263 e. The van der Waals surface area contributed by atoms with Crippen molar-refractivity contribution in [1.82, 2.24) is 9.55 Å². The number of aromatic amines is 1. The van der Waals surface area contributed by atoms with Crippen LogP contribution in [0.25, 0.3) is 10.2 Å². The number of aromatic nitrogens is 2. The zero-order valence-electron chi connectivity index (χ0n) is 9.14. The standard InChI is InChI=1S/C11H12N2O2S2/c14-10-8-3-5-17-9(8)12-11(16)13(10)7-2-1-4-15-6-7/h3,5,7H,1-2,4,6H2,(H,12,16). The maximum atomic E-state index is 12.3. The first-order valence-corrected chi connectivity index (χ1v) is 6.86. The Labute approximate surface area is 107 Å². The summed E-state index contributed by atoms with van der Waals surface area (Å²) in [5.41, 5.74) is 0.000463. The van der Waals surface area contributed by atoms with E-state index in [1.807, 2.05) is 11.4 Å². The zero-order chi connectivity index (χ0) is 11.8. The molecule has 0 aliphatic carbocycles. The highest BCUT2D eigenvalue weighted by Gasteiger charge is 2.19. The number of nitrogens with one attached hydrogen (secondary N) is 1. The Kier molecular flexibility index (Phi) is 2.85. The molecule has 1 unspecified atom stereocenters. The Morgan fingerprint density at radius 3 is 3.24 bits per heavy atom. The van der Waals surface area contributed by atoms with Crippen LogP contribution in [0.3, 0.4) is 0 Å². The lowest BCUT2D eigenvalue weighted by Gasteiger charge is -2.24. The molecule has 17 heavy (non-hydrogen) atoms. The average molecular weight is 268 g/mol. The average Bonchev–Trinajstić information content (AvgIpc) is 2.78. The van der Waals surface area contributed by atoms with Gasteiger partial charge in [-0.25, -0.2) is 0 Å². The van der Waals surface area contributed by atoms with Crippen LogP contribution in [-0.2, 0) is 4.74 Å². The van der Waals surface area contributed by atoms with Crippen molar-refractivity contribution in [3.63, 3.8) is 0 Å². The van der Waals surface area contributed by atoms with Crippen LogP contribution in [0.2, 0.25) is 0 Å². The van der Waals surface area contributed by atoms with Gasteiger partial charge in [-0.05, 0) is 36.5 Å². The molecule has 1 atom stereocenters. The van der Waals surface area contributed by atoms with Gasteiger partial charge >= 0.3 is 0 Å². The summed E-state index contributed by atoms with van der Waals surface area (Å²) >= 11 is 6.78. The fourth-order valence-electron chi connectivity index (χ4n) is 2.21. The lowest BCUT2D eigenvalue weighted by molar-refractivity contribution is 0.0573. The highest BCUT2D eigenvalue weighted by molar-refractivity contribution is 7.71. The number of thiophene rings is 1. The molecule has 0 amide bonds. The molecule has 1 aliphatic rings. The van der Waals surface area contributed by atoms with Gasteiger partial charge in [0.2, 0.25) is 0 Å². The molecule has 1 fully saturated rings. The van der Waals surface area contributed by atoms with Crippen LogP contribution in [0.4, 0.5) is 0 Å². The van der Waals surface area contributed by atoms with Crippen LogP contribution in [0.1, 0.15) is 18.9 Å². The highest BCUT2D eigenvalue weighted by Crippen LogP contribution is 2.20. The monoisotopic (exact) mass is 268 g/mol. The first kappa shape index (κ1) is 11.1. The van der Waals surface area contributed by atoms with E-state index in [-0.39, 0.29) is 11.6 Å². The zero-order valence-corrected chi connectivity index (χ0v) is 10.8. The molecule has 0 aromatic carbocycles. The Morgan fingerprint density at radius 2 is 2.47 bits per heavy atom. The minimum atomic E-state index is 0.000463.